The molecule has 0 fully saturated rings. The van der Waals surface area contributed by atoms with E-state index in [0.717, 1.165) is 10.8 Å². The maximum Gasteiger partial charge on any atom is 0.251 e. The third kappa shape index (κ3) is 6.32. The van der Waals surface area contributed by atoms with Crippen LogP contribution in [0.15, 0.2) is 59.8 Å². The topological polar surface area (TPSA) is 88.9 Å². The fourth-order valence-electron chi connectivity index (χ4n) is 2.95. The maximum absolute atomic E-state index is 12.5. The summed E-state index contributed by atoms with van der Waals surface area (Å²) in [4.78, 5) is 24.6. The third-order valence-electron chi connectivity index (χ3n) is 4.52. The lowest BCUT2D eigenvalue weighted by molar-refractivity contribution is -0.115. The van der Waals surface area contributed by atoms with Crippen LogP contribution in [0.25, 0.3) is 0 Å². The van der Waals surface area contributed by atoms with Crippen molar-refractivity contribution in [1.82, 2.24) is 20.1 Å². The van der Waals surface area contributed by atoms with Gasteiger partial charge in [-0.15, -0.1) is 10.2 Å². The summed E-state index contributed by atoms with van der Waals surface area (Å²) in [5, 5.41) is 15.6. The van der Waals surface area contributed by atoms with Crippen LogP contribution in [-0.2, 0) is 11.3 Å². The molecule has 0 spiro atoms. The molecule has 2 aromatic carbocycles. The number of halogens is 1. The first-order valence-electron chi connectivity index (χ1n) is 9.95. The second kappa shape index (κ2) is 11.0. The molecule has 0 aliphatic heterocycles. The molecule has 1 atom stereocenters. The summed E-state index contributed by atoms with van der Waals surface area (Å²) in [6.45, 7) is 4.51. The number of nitrogens with zero attached hydrogens (tertiary/aromatic N) is 3. The predicted octanol–water partition coefficient (Wildman–Crippen LogP) is 4.56. The Morgan fingerprint density at radius 1 is 1.10 bits per heavy atom. The molecule has 3 aromatic rings. The van der Waals surface area contributed by atoms with Crippen molar-refractivity contribution in [2.75, 3.05) is 11.1 Å². The molecule has 2 amide bonds. The first-order valence-corrected chi connectivity index (χ1v) is 11.3. The number of para-hydroxylation sites is 1. The van der Waals surface area contributed by atoms with Crippen LogP contribution in [-0.4, -0.2) is 32.3 Å². The minimum absolute atomic E-state index is 0.0508. The van der Waals surface area contributed by atoms with E-state index in [9.17, 15) is 9.59 Å². The third-order valence-corrected chi connectivity index (χ3v) is 5.74. The van der Waals surface area contributed by atoms with Crippen molar-refractivity contribution < 1.29 is 9.59 Å². The summed E-state index contributed by atoms with van der Waals surface area (Å²) < 4.78 is 1.95. The van der Waals surface area contributed by atoms with Gasteiger partial charge in [-0.1, -0.05) is 41.6 Å². The van der Waals surface area contributed by atoms with Crippen molar-refractivity contribution in [3.63, 3.8) is 0 Å². The monoisotopic (exact) mass is 457 g/mol. The van der Waals surface area contributed by atoms with E-state index in [4.69, 9.17) is 11.6 Å². The van der Waals surface area contributed by atoms with Gasteiger partial charge in [0.1, 0.15) is 0 Å². The highest BCUT2D eigenvalue weighted by Crippen LogP contribution is 2.22. The second-order valence-corrected chi connectivity index (χ2v) is 8.30. The van der Waals surface area contributed by atoms with Crippen molar-refractivity contribution in [3.8, 4) is 0 Å². The molecule has 2 N–H and O–H groups in total. The minimum Gasteiger partial charge on any atom is -0.342 e. The van der Waals surface area contributed by atoms with Gasteiger partial charge < -0.3 is 15.2 Å². The molecule has 9 heteroatoms. The lowest BCUT2D eigenvalue weighted by atomic mass is 10.2. The molecule has 0 bridgehead atoms. The Hall–Kier alpha value is -2.84. The summed E-state index contributed by atoms with van der Waals surface area (Å²) in [6, 6.07) is 15.7. The average molecular weight is 458 g/mol. The molecular formula is C22H24ClN5O2S. The second-order valence-electron chi connectivity index (χ2n) is 6.80. The zero-order valence-corrected chi connectivity index (χ0v) is 18.9. The highest BCUT2D eigenvalue weighted by Gasteiger charge is 2.19. The molecule has 0 radical (unpaired) electrons. The van der Waals surface area contributed by atoms with Crippen LogP contribution >= 0.6 is 23.4 Å². The summed E-state index contributed by atoms with van der Waals surface area (Å²) in [7, 11) is 0. The number of nitrogens with one attached hydrogen (secondary N) is 2. The van der Waals surface area contributed by atoms with E-state index in [1.807, 2.05) is 48.7 Å². The van der Waals surface area contributed by atoms with Crippen LogP contribution in [0.3, 0.4) is 0 Å². The van der Waals surface area contributed by atoms with Crippen LogP contribution in [0.1, 0.15) is 42.5 Å². The van der Waals surface area contributed by atoms with E-state index in [0.29, 0.717) is 35.1 Å². The number of carbonyl (C=O) groups is 2. The molecule has 162 valence electrons. The zero-order valence-electron chi connectivity index (χ0n) is 17.3. The largest absolute Gasteiger partial charge is 0.342 e. The Morgan fingerprint density at radius 2 is 1.81 bits per heavy atom. The van der Waals surface area contributed by atoms with Crippen LogP contribution in [0.5, 0.6) is 0 Å². The summed E-state index contributed by atoms with van der Waals surface area (Å²) in [5.41, 5.74) is 1.31. The van der Waals surface area contributed by atoms with E-state index in [-0.39, 0.29) is 17.9 Å². The van der Waals surface area contributed by atoms with E-state index < -0.39 is 0 Å². The first-order chi connectivity index (χ1) is 15.0. The number of aromatic nitrogens is 3. The molecule has 1 heterocycles. The molecule has 0 aliphatic rings. The van der Waals surface area contributed by atoms with Gasteiger partial charge in [0.05, 0.1) is 6.04 Å². The van der Waals surface area contributed by atoms with Crippen molar-refractivity contribution in [3.05, 3.63) is 71.0 Å². The summed E-state index contributed by atoms with van der Waals surface area (Å²) >= 11 is 7.35. The van der Waals surface area contributed by atoms with Crippen LogP contribution in [0, 0.1) is 0 Å². The minimum atomic E-state index is -0.327. The van der Waals surface area contributed by atoms with E-state index in [2.05, 4.69) is 20.8 Å². The fourth-order valence-corrected chi connectivity index (χ4v) is 4.02. The molecule has 31 heavy (non-hydrogen) atoms. The van der Waals surface area contributed by atoms with Gasteiger partial charge in [-0.25, -0.2) is 0 Å². The van der Waals surface area contributed by atoms with Gasteiger partial charge >= 0.3 is 0 Å². The van der Waals surface area contributed by atoms with Crippen molar-refractivity contribution in [2.45, 2.75) is 38.0 Å². The fraction of sp³-hybridized carbons (Fsp3) is 0.273. The van der Waals surface area contributed by atoms with Gasteiger partial charge in [-0.05, 0) is 50.2 Å². The van der Waals surface area contributed by atoms with E-state index in [1.165, 1.54) is 11.8 Å². The van der Waals surface area contributed by atoms with Gasteiger partial charge in [-0.3, -0.25) is 9.59 Å². The molecular weight excluding hydrogens is 434 g/mol. The predicted molar refractivity (Wildman–Crippen MR) is 123 cm³/mol. The summed E-state index contributed by atoms with van der Waals surface area (Å²) in [6.07, 6.45) is 0.355. The van der Waals surface area contributed by atoms with Crippen LogP contribution in [0.4, 0.5) is 5.69 Å². The lowest BCUT2D eigenvalue weighted by Crippen LogP contribution is -2.28. The Morgan fingerprint density at radius 3 is 2.48 bits per heavy atom. The Bertz CT molecular complexity index is 1020. The number of thioether (sulfide) groups is 1. The number of hydrogen-bond donors (Lipinski definition) is 2. The van der Waals surface area contributed by atoms with Gasteiger partial charge in [0.2, 0.25) is 5.91 Å². The molecule has 0 saturated heterocycles. The molecule has 0 aliphatic carbocycles. The van der Waals surface area contributed by atoms with Crippen molar-refractivity contribution >= 4 is 40.9 Å². The summed E-state index contributed by atoms with van der Waals surface area (Å²) in [5.74, 6) is 0.982. The van der Waals surface area contributed by atoms with E-state index >= 15 is 0 Å². The molecule has 3 rings (SSSR count). The normalized spacial score (nSPS) is 11.7. The van der Waals surface area contributed by atoms with Gasteiger partial charge in [-0.2, -0.15) is 0 Å². The van der Waals surface area contributed by atoms with Crippen molar-refractivity contribution in [2.24, 2.45) is 0 Å². The Kier molecular flexibility index (Phi) is 8.08. The lowest BCUT2D eigenvalue weighted by Gasteiger charge is -2.15. The van der Waals surface area contributed by atoms with E-state index in [1.54, 1.807) is 24.3 Å². The number of anilines is 1. The highest BCUT2D eigenvalue weighted by atomic mass is 35.5. The average Bonchev–Trinajstić information content (AvgIpc) is 3.18. The van der Waals surface area contributed by atoms with Crippen LogP contribution < -0.4 is 10.6 Å². The quantitative estimate of drug-likeness (QED) is 0.459. The van der Waals surface area contributed by atoms with Gasteiger partial charge in [0.25, 0.3) is 5.91 Å². The molecule has 0 saturated carbocycles. The number of hydrogen-bond acceptors (Lipinski definition) is 5. The number of benzene rings is 2. The standard InChI is InChI=1S/C22H24ClN5O2S/c1-3-28-20(15(2)24-21(30)16-9-11-17(23)12-10-16)26-27-22(28)31-14-13-19(29)25-18-7-5-4-6-8-18/h4-12,15H,3,13-14H2,1-2H3,(H,24,30)(H,25,29)/t15-/m0/s1. The Labute approximate surface area is 190 Å². The number of amides is 2. The number of carbonyl (C=O) groups excluding carboxylic acids is 2. The Balaban J connectivity index is 1.56. The number of rotatable bonds is 9. The van der Waals surface area contributed by atoms with Crippen LogP contribution in [0.2, 0.25) is 5.02 Å². The SMILES string of the molecule is CCn1c(SCCC(=O)Nc2ccccc2)nnc1[C@H](C)NC(=O)c1ccc(Cl)cc1. The smallest absolute Gasteiger partial charge is 0.251 e. The molecule has 7 nitrogen and oxygen atoms in total. The molecule has 1 aromatic heterocycles. The maximum atomic E-state index is 12.5. The van der Waals surface area contributed by atoms with Crippen molar-refractivity contribution in [1.29, 1.82) is 0 Å². The zero-order chi connectivity index (χ0) is 22.2. The van der Waals surface area contributed by atoms with Gasteiger partial charge in [0.15, 0.2) is 11.0 Å². The first kappa shape index (κ1) is 22.8. The highest BCUT2D eigenvalue weighted by molar-refractivity contribution is 7.99. The van der Waals surface area contributed by atoms with Gasteiger partial charge in [0, 0.05) is 35.0 Å². The molecule has 0 unspecified atom stereocenters.